The number of azide groups is 1. The molecule has 2 aromatic rings. The highest BCUT2D eigenvalue weighted by molar-refractivity contribution is 5.63. The fourth-order valence-electron chi connectivity index (χ4n) is 2.74. The van der Waals surface area contributed by atoms with E-state index in [1.165, 1.54) is 0 Å². The lowest BCUT2D eigenvalue weighted by Crippen LogP contribution is -2.39. The summed E-state index contributed by atoms with van der Waals surface area (Å²) in [4.78, 5) is 2.99. The molecule has 0 aliphatic heterocycles. The van der Waals surface area contributed by atoms with Gasteiger partial charge in [0.15, 0.2) is 0 Å². The van der Waals surface area contributed by atoms with E-state index in [4.69, 9.17) is 5.53 Å². The third-order valence-corrected chi connectivity index (χ3v) is 3.67. The Labute approximate surface area is 116 Å². The molecular weight excluding hydrogens is 250 g/mol. The first kappa shape index (κ1) is 12.5. The number of nitrogens with zero attached hydrogens (tertiary/aromatic N) is 3. The van der Waals surface area contributed by atoms with E-state index in [-0.39, 0.29) is 0 Å². The van der Waals surface area contributed by atoms with Crippen LogP contribution in [0.25, 0.3) is 16.5 Å². The molecule has 0 radical (unpaired) electrons. The van der Waals surface area contributed by atoms with Crippen LogP contribution < -0.4 is 0 Å². The third kappa shape index (κ3) is 1.71. The van der Waals surface area contributed by atoms with Gasteiger partial charge in [-0.1, -0.05) is 71.9 Å². The van der Waals surface area contributed by atoms with Crippen molar-refractivity contribution in [2.75, 3.05) is 0 Å². The van der Waals surface area contributed by atoms with Crippen LogP contribution in [0.5, 0.6) is 0 Å². The van der Waals surface area contributed by atoms with Gasteiger partial charge in [0.25, 0.3) is 0 Å². The SMILES string of the molecule is [N-]=[N+]=NC1(c2ccccc2)c2ccccc2C=CC1O. The van der Waals surface area contributed by atoms with Crippen molar-refractivity contribution >= 4 is 6.08 Å². The number of rotatable bonds is 2. The highest BCUT2D eigenvalue weighted by atomic mass is 16.3. The fourth-order valence-corrected chi connectivity index (χ4v) is 2.74. The van der Waals surface area contributed by atoms with Crippen molar-refractivity contribution < 1.29 is 5.11 Å². The maximum Gasteiger partial charge on any atom is 0.129 e. The average Bonchev–Trinajstić information content (AvgIpc) is 2.51. The van der Waals surface area contributed by atoms with Crippen molar-refractivity contribution in [1.82, 2.24) is 0 Å². The van der Waals surface area contributed by atoms with E-state index in [1.54, 1.807) is 6.08 Å². The second-order valence-electron chi connectivity index (χ2n) is 4.71. The fraction of sp³-hybridized carbons (Fsp3) is 0.125. The lowest BCUT2D eigenvalue weighted by Gasteiger charge is -2.37. The quantitative estimate of drug-likeness (QED) is 0.501. The van der Waals surface area contributed by atoms with Crippen molar-refractivity contribution in [2.24, 2.45) is 5.11 Å². The molecule has 0 amide bonds. The molecule has 20 heavy (non-hydrogen) atoms. The first-order chi connectivity index (χ1) is 9.79. The maximum atomic E-state index is 10.5. The number of benzene rings is 2. The van der Waals surface area contributed by atoms with Gasteiger partial charge < -0.3 is 5.11 Å². The molecule has 1 N–H and O–H groups in total. The minimum absolute atomic E-state index is 0.780. The normalized spacial score (nSPS) is 23.8. The Morgan fingerprint density at radius 3 is 2.50 bits per heavy atom. The van der Waals surface area contributed by atoms with E-state index in [2.05, 4.69) is 10.0 Å². The summed E-state index contributed by atoms with van der Waals surface area (Å²) in [5.74, 6) is 0. The van der Waals surface area contributed by atoms with Crippen LogP contribution in [0.2, 0.25) is 0 Å². The molecule has 0 spiro atoms. The molecule has 2 unspecified atom stereocenters. The second-order valence-corrected chi connectivity index (χ2v) is 4.71. The zero-order chi connectivity index (χ0) is 14.0. The highest BCUT2D eigenvalue weighted by Gasteiger charge is 2.42. The maximum absolute atomic E-state index is 10.5. The second kappa shape index (κ2) is 4.85. The molecule has 4 nitrogen and oxygen atoms in total. The smallest absolute Gasteiger partial charge is 0.129 e. The van der Waals surface area contributed by atoms with Crippen LogP contribution in [0.4, 0.5) is 0 Å². The predicted octanol–water partition coefficient (Wildman–Crippen LogP) is 3.63. The van der Waals surface area contributed by atoms with Gasteiger partial charge in [0.1, 0.15) is 5.54 Å². The molecule has 0 saturated heterocycles. The first-order valence-corrected chi connectivity index (χ1v) is 6.36. The highest BCUT2D eigenvalue weighted by Crippen LogP contribution is 2.42. The average molecular weight is 263 g/mol. The van der Waals surface area contributed by atoms with Crippen LogP contribution in [0, 0.1) is 0 Å². The molecule has 1 aliphatic rings. The summed E-state index contributed by atoms with van der Waals surface area (Å²) in [7, 11) is 0. The van der Waals surface area contributed by atoms with Crippen LogP contribution in [-0.2, 0) is 5.54 Å². The minimum atomic E-state index is -1.11. The van der Waals surface area contributed by atoms with Gasteiger partial charge in [-0.3, -0.25) is 0 Å². The summed E-state index contributed by atoms with van der Waals surface area (Å²) in [6.07, 6.45) is 2.63. The van der Waals surface area contributed by atoms with Crippen molar-refractivity contribution in [3.8, 4) is 0 Å². The molecule has 2 atom stereocenters. The van der Waals surface area contributed by atoms with Crippen LogP contribution in [-0.4, -0.2) is 11.2 Å². The molecule has 4 heteroatoms. The molecular formula is C16H13N3O. The number of fused-ring (bicyclic) bond motifs is 1. The van der Waals surface area contributed by atoms with Gasteiger partial charge in [-0.15, -0.1) is 0 Å². The van der Waals surface area contributed by atoms with E-state index in [0.717, 1.165) is 16.7 Å². The molecule has 1 aliphatic carbocycles. The van der Waals surface area contributed by atoms with E-state index >= 15 is 0 Å². The standard InChI is InChI=1S/C16H13N3O/c17-19-18-16(13-7-2-1-3-8-13)14-9-5-4-6-12(14)10-11-15(16)20/h1-11,15,20H. The van der Waals surface area contributed by atoms with Crippen molar-refractivity contribution in [1.29, 1.82) is 0 Å². The van der Waals surface area contributed by atoms with E-state index in [0.29, 0.717) is 0 Å². The largest absolute Gasteiger partial charge is 0.388 e. The van der Waals surface area contributed by atoms with Gasteiger partial charge in [0.2, 0.25) is 0 Å². The number of aliphatic hydroxyl groups excluding tert-OH is 1. The van der Waals surface area contributed by atoms with Crippen LogP contribution in [0.1, 0.15) is 16.7 Å². The summed E-state index contributed by atoms with van der Waals surface area (Å²) in [6.45, 7) is 0. The molecule has 98 valence electrons. The predicted molar refractivity (Wildman–Crippen MR) is 77.9 cm³/mol. The Morgan fingerprint density at radius 1 is 1.05 bits per heavy atom. The molecule has 3 rings (SSSR count). The molecule has 0 aromatic heterocycles. The summed E-state index contributed by atoms with van der Waals surface area (Å²) in [5, 5.41) is 14.5. The lowest BCUT2D eigenvalue weighted by molar-refractivity contribution is 0.148. The summed E-state index contributed by atoms with van der Waals surface area (Å²) in [5.41, 5.74) is 10.5. The van der Waals surface area contributed by atoms with Gasteiger partial charge in [-0.05, 0) is 22.2 Å². The first-order valence-electron chi connectivity index (χ1n) is 6.36. The molecule has 0 saturated carbocycles. The van der Waals surface area contributed by atoms with E-state index < -0.39 is 11.6 Å². The Hall–Kier alpha value is -2.55. The topological polar surface area (TPSA) is 69.0 Å². The zero-order valence-electron chi connectivity index (χ0n) is 10.7. The summed E-state index contributed by atoms with van der Waals surface area (Å²) >= 11 is 0. The summed E-state index contributed by atoms with van der Waals surface area (Å²) < 4.78 is 0. The number of hydrogen-bond donors (Lipinski definition) is 1. The third-order valence-electron chi connectivity index (χ3n) is 3.67. The van der Waals surface area contributed by atoms with Gasteiger partial charge >= 0.3 is 0 Å². The monoisotopic (exact) mass is 263 g/mol. The minimum Gasteiger partial charge on any atom is -0.388 e. The van der Waals surface area contributed by atoms with Crippen LogP contribution >= 0.6 is 0 Å². The van der Waals surface area contributed by atoms with Crippen molar-refractivity contribution in [3.63, 3.8) is 0 Å². The molecule has 0 bridgehead atoms. The van der Waals surface area contributed by atoms with Crippen LogP contribution in [0.15, 0.2) is 65.8 Å². The zero-order valence-corrected chi connectivity index (χ0v) is 10.7. The van der Waals surface area contributed by atoms with Crippen molar-refractivity contribution in [3.05, 3.63) is 87.8 Å². The molecule has 0 heterocycles. The summed E-state index contributed by atoms with van der Waals surface area (Å²) in [6, 6.07) is 17.0. The van der Waals surface area contributed by atoms with Crippen LogP contribution in [0.3, 0.4) is 0 Å². The molecule has 0 fully saturated rings. The Bertz CT molecular complexity index is 705. The van der Waals surface area contributed by atoms with Crippen molar-refractivity contribution in [2.45, 2.75) is 11.6 Å². The molecule has 2 aromatic carbocycles. The lowest BCUT2D eigenvalue weighted by atomic mass is 9.74. The van der Waals surface area contributed by atoms with E-state index in [1.807, 2.05) is 60.7 Å². The number of hydrogen-bond acceptors (Lipinski definition) is 2. The Kier molecular flexibility index (Phi) is 3.03. The van der Waals surface area contributed by atoms with Gasteiger partial charge in [0.05, 0.1) is 6.10 Å². The Morgan fingerprint density at radius 2 is 1.75 bits per heavy atom. The Balaban J connectivity index is 2.35. The van der Waals surface area contributed by atoms with Gasteiger partial charge in [-0.2, -0.15) is 0 Å². The van der Waals surface area contributed by atoms with E-state index in [9.17, 15) is 5.11 Å². The number of aliphatic hydroxyl groups is 1. The van der Waals surface area contributed by atoms with Gasteiger partial charge in [-0.25, -0.2) is 0 Å². The van der Waals surface area contributed by atoms with Gasteiger partial charge in [0, 0.05) is 4.91 Å².